The zero-order valence-corrected chi connectivity index (χ0v) is 10.3. The lowest BCUT2D eigenvalue weighted by Crippen LogP contribution is -2.05. The number of aromatic nitrogens is 2. The van der Waals surface area contributed by atoms with E-state index in [0.29, 0.717) is 11.3 Å². The molecule has 19 heavy (non-hydrogen) atoms. The Hall–Kier alpha value is -2.55. The number of Topliss-reactive ketones (excluding diaryl/α,β-unsaturated/α-hetero) is 1. The highest BCUT2D eigenvalue weighted by Gasteiger charge is 2.08. The summed E-state index contributed by atoms with van der Waals surface area (Å²) in [4.78, 5) is 20.3. The van der Waals surface area contributed by atoms with Gasteiger partial charge in [0.25, 0.3) is 0 Å². The summed E-state index contributed by atoms with van der Waals surface area (Å²) in [6.07, 6.45) is 5.11. The number of rotatable bonds is 3. The molecule has 0 aliphatic carbocycles. The molecule has 3 nitrogen and oxygen atoms in total. The Kier molecular flexibility index (Phi) is 3.02. The standard InChI is InChI=1S/C16H12N2O/c19-16(10-15-11-17-7-8-18-15)14-6-5-12-3-1-2-4-13(12)9-14/h1-9,11H,10H2. The summed E-state index contributed by atoms with van der Waals surface area (Å²) in [5, 5.41) is 2.21. The van der Waals surface area contributed by atoms with E-state index in [9.17, 15) is 4.79 Å². The monoisotopic (exact) mass is 248 g/mol. The fraction of sp³-hybridized carbons (Fsp3) is 0.0625. The number of hydrogen-bond acceptors (Lipinski definition) is 3. The summed E-state index contributed by atoms with van der Waals surface area (Å²) >= 11 is 0. The summed E-state index contributed by atoms with van der Waals surface area (Å²) < 4.78 is 0. The van der Waals surface area contributed by atoms with Crippen molar-refractivity contribution >= 4 is 16.6 Å². The minimum absolute atomic E-state index is 0.0613. The molecule has 1 heterocycles. The number of nitrogens with zero attached hydrogens (tertiary/aromatic N) is 2. The van der Waals surface area contributed by atoms with Crippen molar-refractivity contribution in [2.24, 2.45) is 0 Å². The van der Waals surface area contributed by atoms with Crippen molar-refractivity contribution in [1.29, 1.82) is 0 Å². The van der Waals surface area contributed by atoms with Gasteiger partial charge in [-0.05, 0) is 16.8 Å². The third-order valence-corrected chi connectivity index (χ3v) is 3.03. The van der Waals surface area contributed by atoms with E-state index >= 15 is 0 Å². The fourth-order valence-corrected chi connectivity index (χ4v) is 2.05. The molecule has 0 aliphatic heterocycles. The summed E-state index contributed by atoms with van der Waals surface area (Å²) in [5.74, 6) is 0.0613. The molecule has 3 aromatic rings. The third kappa shape index (κ3) is 2.50. The van der Waals surface area contributed by atoms with Crippen molar-refractivity contribution in [3.8, 4) is 0 Å². The van der Waals surface area contributed by atoms with Gasteiger partial charge in [-0.3, -0.25) is 14.8 Å². The van der Waals surface area contributed by atoms with E-state index in [-0.39, 0.29) is 12.2 Å². The lowest BCUT2D eigenvalue weighted by molar-refractivity contribution is 0.0992. The Morgan fingerprint density at radius 1 is 1.00 bits per heavy atom. The van der Waals surface area contributed by atoms with Gasteiger partial charge in [0, 0.05) is 24.2 Å². The fourth-order valence-electron chi connectivity index (χ4n) is 2.05. The van der Waals surface area contributed by atoms with E-state index in [0.717, 1.165) is 10.8 Å². The average molecular weight is 248 g/mol. The summed E-state index contributed by atoms with van der Waals surface area (Å²) in [5.41, 5.74) is 1.41. The van der Waals surface area contributed by atoms with Gasteiger partial charge in [-0.15, -0.1) is 0 Å². The lowest BCUT2D eigenvalue weighted by atomic mass is 10.0. The van der Waals surface area contributed by atoms with Gasteiger partial charge >= 0.3 is 0 Å². The second kappa shape index (κ2) is 4.98. The van der Waals surface area contributed by atoms with Crippen molar-refractivity contribution in [2.75, 3.05) is 0 Å². The maximum absolute atomic E-state index is 12.2. The van der Waals surface area contributed by atoms with Gasteiger partial charge in [0.15, 0.2) is 5.78 Å². The molecule has 1 aromatic heterocycles. The van der Waals surface area contributed by atoms with E-state index in [1.807, 2.05) is 42.5 Å². The van der Waals surface area contributed by atoms with Gasteiger partial charge < -0.3 is 0 Å². The number of carbonyl (C=O) groups is 1. The minimum atomic E-state index is 0.0613. The largest absolute Gasteiger partial charge is 0.294 e. The molecule has 2 aromatic carbocycles. The number of fused-ring (bicyclic) bond motifs is 1. The summed E-state index contributed by atoms with van der Waals surface area (Å²) in [7, 11) is 0. The highest BCUT2D eigenvalue weighted by Crippen LogP contribution is 2.16. The molecular formula is C16H12N2O. The van der Waals surface area contributed by atoms with Crippen LogP contribution in [0.15, 0.2) is 61.1 Å². The van der Waals surface area contributed by atoms with Gasteiger partial charge in [-0.1, -0.05) is 36.4 Å². The molecule has 92 valence electrons. The van der Waals surface area contributed by atoms with E-state index in [1.54, 1.807) is 18.6 Å². The molecule has 0 N–H and O–H groups in total. The molecule has 0 saturated carbocycles. The van der Waals surface area contributed by atoms with E-state index in [2.05, 4.69) is 9.97 Å². The Morgan fingerprint density at radius 2 is 1.84 bits per heavy atom. The SMILES string of the molecule is O=C(Cc1cnccn1)c1ccc2ccccc2c1. The van der Waals surface area contributed by atoms with Crippen LogP contribution in [0.5, 0.6) is 0 Å². The second-order valence-corrected chi connectivity index (χ2v) is 4.36. The van der Waals surface area contributed by atoms with Crippen molar-refractivity contribution in [3.05, 3.63) is 72.3 Å². The lowest BCUT2D eigenvalue weighted by Gasteiger charge is -2.03. The molecule has 0 spiro atoms. The first-order chi connectivity index (χ1) is 9.33. The van der Waals surface area contributed by atoms with E-state index < -0.39 is 0 Å². The molecule has 0 bridgehead atoms. The maximum atomic E-state index is 12.2. The average Bonchev–Trinajstić information content (AvgIpc) is 2.48. The zero-order chi connectivity index (χ0) is 13.1. The van der Waals surface area contributed by atoms with Crippen LogP contribution in [0.4, 0.5) is 0 Å². The first-order valence-corrected chi connectivity index (χ1v) is 6.10. The van der Waals surface area contributed by atoms with Crippen molar-refractivity contribution in [3.63, 3.8) is 0 Å². The number of carbonyl (C=O) groups excluding carboxylic acids is 1. The van der Waals surface area contributed by atoms with Gasteiger partial charge in [0.1, 0.15) is 0 Å². The van der Waals surface area contributed by atoms with Gasteiger partial charge in [0.05, 0.1) is 12.1 Å². The van der Waals surface area contributed by atoms with Crippen LogP contribution in [0.25, 0.3) is 10.8 Å². The predicted octanol–water partition coefficient (Wildman–Crippen LogP) is 3.06. The van der Waals surface area contributed by atoms with Gasteiger partial charge in [-0.2, -0.15) is 0 Å². The predicted molar refractivity (Wildman–Crippen MR) is 74.0 cm³/mol. The Balaban J connectivity index is 1.89. The highest BCUT2D eigenvalue weighted by molar-refractivity contribution is 6.00. The van der Waals surface area contributed by atoms with Crippen LogP contribution in [-0.4, -0.2) is 15.8 Å². The summed E-state index contributed by atoms with van der Waals surface area (Å²) in [6.45, 7) is 0. The molecule has 0 unspecified atom stereocenters. The molecule has 0 atom stereocenters. The van der Waals surface area contributed by atoms with Crippen molar-refractivity contribution in [2.45, 2.75) is 6.42 Å². The van der Waals surface area contributed by atoms with E-state index in [1.165, 1.54) is 0 Å². The molecule has 0 fully saturated rings. The van der Waals surface area contributed by atoms with Crippen LogP contribution in [0.2, 0.25) is 0 Å². The number of hydrogen-bond donors (Lipinski definition) is 0. The number of ketones is 1. The minimum Gasteiger partial charge on any atom is -0.294 e. The molecule has 3 heteroatoms. The quantitative estimate of drug-likeness (QED) is 0.669. The first-order valence-electron chi connectivity index (χ1n) is 6.10. The smallest absolute Gasteiger partial charge is 0.168 e. The highest BCUT2D eigenvalue weighted by atomic mass is 16.1. The molecule has 0 aliphatic rings. The molecule has 0 saturated heterocycles. The number of benzene rings is 2. The molecular weight excluding hydrogens is 236 g/mol. The molecule has 3 rings (SSSR count). The summed E-state index contributed by atoms with van der Waals surface area (Å²) in [6, 6.07) is 13.8. The zero-order valence-electron chi connectivity index (χ0n) is 10.3. The van der Waals surface area contributed by atoms with Crippen LogP contribution in [-0.2, 0) is 6.42 Å². The third-order valence-electron chi connectivity index (χ3n) is 3.03. The van der Waals surface area contributed by atoms with Gasteiger partial charge in [-0.25, -0.2) is 0 Å². The van der Waals surface area contributed by atoms with Crippen LogP contribution in [0.1, 0.15) is 16.1 Å². The van der Waals surface area contributed by atoms with Crippen LogP contribution >= 0.6 is 0 Å². The van der Waals surface area contributed by atoms with Crippen LogP contribution < -0.4 is 0 Å². The topological polar surface area (TPSA) is 42.9 Å². The van der Waals surface area contributed by atoms with Gasteiger partial charge in [0.2, 0.25) is 0 Å². The maximum Gasteiger partial charge on any atom is 0.168 e. The van der Waals surface area contributed by atoms with Crippen molar-refractivity contribution in [1.82, 2.24) is 9.97 Å². The second-order valence-electron chi connectivity index (χ2n) is 4.36. The first kappa shape index (κ1) is 11.5. The van der Waals surface area contributed by atoms with Crippen LogP contribution in [0, 0.1) is 0 Å². The molecule has 0 amide bonds. The van der Waals surface area contributed by atoms with Crippen molar-refractivity contribution < 1.29 is 4.79 Å². The molecule has 0 radical (unpaired) electrons. The Labute approximate surface area is 111 Å². The van der Waals surface area contributed by atoms with Crippen LogP contribution in [0.3, 0.4) is 0 Å². The normalized spacial score (nSPS) is 10.5. The Bertz CT molecular complexity index is 723. The Morgan fingerprint density at radius 3 is 2.63 bits per heavy atom. The van der Waals surface area contributed by atoms with E-state index in [4.69, 9.17) is 0 Å².